The van der Waals surface area contributed by atoms with E-state index < -0.39 is 6.10 Å². The Morgan fingerprint density at radius 1 is 0.333 bits per heavy atom. The highest BCUT2D eigenvalue weighted by atomic mass is 16.6. The molecule has 0 heterocycles. The molecule has 0 N–H and O–H groups in total. The van der Waals surface area contributed by atoms with Crippen molar-refractivity contribution in [3.8, 4) is 0 Å². The zero-order valence-electron chi connectivity index (χ0n) is 41.8. The average Bonchev–Trinajstić information content (AvgIpc) is 3.28. The van der Waals surface area contributed by atoms with Gasteiger partial charge >= 0.3 is 17.9 Å². The summed E-state index contributed by atoms with van der Waals surface area (Å²) >= 11 is 0. The third kappa shape index (κ3) is 50.2. The zero-order valence-corrected chi connectivity index (χ0v) is 41.8. The number of ether oxygens (including phenoxy) is 3. The molecule has 6 nitrogen and oxygen atoms in total. The van der Waals surface area contributed by atoms with Gasteiger partial charge in [-0.25, -0.2) is 0 Å². The van der Waals surface area contributed by atoms with E-state index in [1.54, 1.807) is 0 Å². The fourth-order valence-electron chi connectivity index (χ4n) is 7.75. The Hall–Kier alpha value is -2.63. The number of unbranched alkanes of at least 4 members (excludes halogenated alkanes) is 30. The van der Waals surface area contributed by atoms with Gasteiger partial charge in [-0.2, -0.15) is 0 Å². The van der Waals surface area contributed by atoms with E-state index in [0.717, 1.165) is 96.3 Å². The molecule has 0 spiro atoms. The Morgan fingerprint density at radius 2 is 0.619 bits per heavy atom. The van der Waals surface area contributed by atoms with Crippen LogP contribution < -0.4 is 0 Å². The van der Waals surface area contributed by atoms with Gasteiger partial charge in [0.05, 0.1) is 0 Å². The lowest BCUT2D eigenvalue weighted by atomic mass is 10.0. The largest absolute Gasteiger partial charge is 0.462 e. The van der Waals surface area contributed by atoms with Crippen LogP contribution in [-0.2, 0) is 28.6 Å². The van der Waals surface area contributed by atoms with Crippen LogP contribution in [0.5, 0.6) is 0 Å². The highest BCUT2D eigenvalue weighted by Crippen LogP contribution is 2.16. The molecule has 0 saturated carbocycles. The maximum absolute atomic E-state index is 12.8. The lowest BCUT2D eigenvalue weighted by Crippen LogP contribution is -2.30. The first kappa shape index (κ1) is 60.4. The summed E-state index contributed by atoms with van der Waals surface area (Å²) in [6.45, 7) is 6.52. The molecule has 0 amide bonds. The molecule has 0 fully saturated rings. The Kier molecular flexibility index (Phi) is 49.8. The van der Waals surface area contributed by atoms with Crippen LogP contribution in [0.15, 0.2) is 48.6 Å². The summed E-state index contributed by atoms with van der Waals surface area (Å²) in [5, 5.41) is 0. The van der Waals surface area contributed by atoms with Crippen LogP contribution in [0.3, 0.4) is 0 Å². The molecule has 0 aliphatic carbocycles. The van der Waals surface area contributed by atoms with Crippen molar-refractivity contribution < 1.29 is 28.6 Å². The van der Waals surface area contributed by atoms with Crippen LogP contribution in [0, 0.1) is 0 Å². The molecule has 0 unspecified atom stereocenters. The van der Waals surface area contributed by atoms with E-state index in [1.807, 2.05) is 0 Å². The van der Waals surface area contributed by atoms with Gasteiger partial charge in [0.2, 0.25) is 0 Å². The van der Waals surface area contributed by atoms with Gasteiger partial charge in [0.15, 0.2) is 6.10 Å². The number of allylic oxidation sites excluding steroid dienone is 8. The maximum Gasteiger partial charge on any atom is 0.306 e. The summed E-state index contributed by atoms with van der Waals surface area (Å²) in [6.07, 6.45) is 62.3. The van der Waals surface area contributed by atoms with Crippen molar-refractivity contribution in [1.82, 2.24) is 0 Å². The lowest BCUT2D eigenvalue weighted by Gasteiger charge is -2.18. The van der Waals surface area contributed by atoms with Crippen molar-refractivity contribution in [2.24, 2.45) is 0 Å². The minimum absolute atomic E-state index is 0.0788. The summed E-state index contributed by atoms with van der Waals surface area (Å²) in [6, 6.07) is 0. The molecule has 0 aromatic carbocycles. The van der Waals surface area contributed by atoms with Crippen molar-refractivity contribution >= 4 is 17.9 Å². The fourth-order valence-corrected chi connectivity index (χ4v) is 7.75. The second kappa shape index (κ2) is 52.0. The van der Waals surface area contributed by atoms with E-state index in [9.17, 15) is 14.4 Å². The van der Waals surface area contributed by atoms with Gasteiger partial charge in [-0.3, -0.25) is 14.4 Å². The molecule has 1 atom stereocenters. The van der Waals surface area contributed by atoms with E-state index in [4.69, 9.17) is 14.2 Å². The minimum atomic E-state index is -0.781. The quantitative estimate of drug-likeness (QED) is 0.0262. The Labute approximate surface area is 390 Å². The molecular formula is C57H102O6. The van der Waals surface area contributed by atoms with Crippen molar-refractivity contribution in [3.63, 3.8) is 0 Å². The summed E-state index contributed by atoms with van der Waals surface area (Å²) in [4.78, 5) is 38.0. The van der Waals surface area contributed by atoms with E-state index in [1.165, 1.54) is 141 Å². The second-order valence-electron chi connectivity index (χ2n) is 18.1. The molecule has 0 aliphatic rings. The number of hydrogen-bond acceptors (Lipinski definition) is 6. The number of hydrogen-bond donors (Lipinski definition) is 0. The van der Waals surface area contributed by atoms with Gasteiger partial charge in [-0.05, 0) is 77.0 Å². The summed E-state index contributed by atoms with van der Waals surface area (Å²) < 4.78 is 16.8. The monoisotopic (exact) mass is 883 g/mol. The lowest BCUT2D eigenvalue weighted by molar-refractivity contribution is -0.167. The molecule has 6 heteroatoms. The van der Waals surface area contributed by atoms with Crippen LogP contribution in [0.1, 0.15) is 278 Å². The Morgan fingerprint density at radius 3 is 1.00 bits per heavy atom. The molecular weight excluding hydrogens is 781 g/mol. The van der Waals surface area contributed by atoms with Crippen LogP contribution in [0.25, 0.3) is 0 Å². The normalized spacial score (nSPS) is 12.4. The molecule has 0 radical (unpaired) electrons. The summed E-state index contributed by atoms with van der Waals surface area (Å²) in [5.74, 6) is -0.889. The topological polar surface area (TPSA) is 78.9 Å². The predicted octanol–water partition coefficient (Wildman–Crippen LogP) is 17.9. The Bertz CT molecular complexity index is 1110. The number of rotatable bonds is 49. The van der Waals surface area contributed by atoms with Crippen LogP contribution >= 0.6 is 0 Å². The van der Waals surface area contributed by atoms with Crippen molar-refractivity contribution in [2.45, 2.75) is 284 Å². The smallest absolute Gasteiger partial charge is 0.306 e. The van der Waals surface area contributed by atoms with Crippen LogP contribution in [0.4, 0.5) is 0 Å². The van der Waals surface area contributed by atoms with E-state index in [-0.39, 0.29) is 31.1 Å². The predicted molar refractivity (Wildman–Crippen MR) is 270 cm³/mol. The molecule has 0 aromatic rings. The van der Waals surface area contributed by atoms with Crippen molar-refractivity contribution in [2.75, 3.05) is 13.2 Å². The molecule has 0 saturated heterocycles. The van der Waals surface area contributed by atoms with Gasteiger partial charge < -0.3 is 14.2 Å². The number of carbonyl (C=O) groups excluding carboxylic acids is 3. The molecule has 0 aromatic heterocycles. The summed E-state index contributed by atoms with van der Waals surface area (Å²) in [7, 11) is 0. The fraction of sp³-hybridized carbons (Fsp3) is 0.807. The van der Waals surface area contributed by atoms with Gasteiger partial charge in [0, 0.05) is 19.3 Å². The van der Waals surface area contributed by atoms with Gasteiger partial charge in [0.25, 0.3) is 0 Å². The molecule has 366 valence electrons. The third-order valence-electron chi connectivity index (χ3n) is 11.8. The van der Waals surface area contributed by atoms with Crippen molar-refractivity contribution in [1.29, 1.82) is 0 Å². The molecule has 0 aliphatic heterocycles. The zero-order chi connectivity index (χ0) is 45.8. The molecule has 63 heavy (non-hydrogen) atoms. The summed E-state index contributed by atoms with van der Waals surface area (Å²) in [5.41, 5.74) is 0. The van der Waals surface area contributed by atoms with Crippen molar-refractivity contribution in [3.05, 3.63) is 48.6 Å². The minimum Gasteiger partial charge on any atom is -0.462 e. The molecule has 0 rings (SSSR count). The van der Waals surface area contributed by atoms with Crippen LogP contribution in [0.2, 0.25) is 0 Å². The third-order valence-corrected chi connectivity index (χ3v) is 11.8. The maximum atomic E-state index is 12.8. The Balaban J connectivity index is 4.38. The number of esters is 3. The number of carbonyl (C=O) groups is 3. The highest BCUT2D eigenvalue weighted by Gasteiger charge is 2.19. The first-order valence-electron chi connectivity index (χ1n) is 27.1. The van der Waals surface area contributed by atoms with Crippen LogP contribution in [-0.4, -0.2) is 37.2 Å². The van der Waals surface area contributed by atoms with Gasteiger partial charge in [0.1, 0.15) is 13.2 Å². The van der Waals surface area contributed by atoms with E-state index >= 15 is 0 Å². The van der Waals surface area contributed by atoms with Gasteiger partial charge in [-0.1, -0.05) is 230 Å². The average molecular weight is 883 g/mol. The highest BCUT2D eigenvalue weighted by molar-refractivity contribution is 5.71. The standard InChI is InChI=1S/C57H102O6/c1-4-7-10-13-16-19-22-25-28-31-34-37-40-43-46-49-55(58)61-52-54(63-57(60)51-48-45-42-39-36-33-30-27-24-21-18-15-12-9-6-3)53-62-56(59)50-47-44-41-38-35-32-29-26-23-20-17-14-11-8-5-2/h9,12,18-19,21-22,27,30,54H,4-8,10-11,13-17,20,23-26,28-29,31-53H2,1-3H3/b12-9-,21-18-,22-19-,30-27-/t54-/m1/s1. The van der Waals surface area contributed by atoms with E-state index in [0.29, 0.717) is 19.3 Å². The SMILES string of the molecule is CC/C=C\C/C=C\C/C=C\CCCCCCCC(=O)O[C@H](COC(=O)CCCCCCCCC/C=C\CCCCCC)COC(=O)CCCCCCCCCCCCCCCCC. The first-order chi connectivity index (χ1) is 31.0. The second-order valence-corrected chi connectivity index (χ2v) is 18.1. The van der Waals surface area contributed by atoms with Gasteiger partial charge in [-0.15, -0.1) is 0 Å². The van der Waals surface area contributed by atoms with E-state index in [2.05, 4.69) is 69.4 Å². The molecule has 0 bridgehead atoms. The first-order valence-corrected chi connectivity index (χ1v) is 27.1.